The summed E-state index contributed by atoms with van der Waals surface area (Å²) < 4.78 is 7.24. The fraction of sp³-hybridized carbons (Fsp3) is 0.182. The lowest BCUT2D eigenvalue weighted by molar-refractivity contribution is -0.115. The molecule has 1 amide bonds. The van der Waals surface area contributed by atoms with Crippen LogP contribution in [0.15, 0.2) is 71.3 Å². The number of thioether (sulfide) groups is 1. The Morgan fingerprint density at radius 3 is 2.61 bits per heavy atom. The molecular weight excluding hydrogens is 430 g/mol. The summed E-state index contributed by atoms with van der Waals surface area (Å²) in [6.45, 7) is 1.85. The molecule has 0 saturated carbocycles. The number of anilines is 1. The Hall–Kier alpha value is -3.17. The molecule has 7 nitrogen and oxygen atoms in total. The van der Waals surface area contributed by atoms with Crippen molar-refractivity contribution in [3.05, 3.63) is 77.6 Å². The summed E-state index contributed by atoms with van der Waals surface area (Å²) in [6, 6.07) is 17.8. The molecule has 0 aliphatic carbocycles. The summed E-state index contributed by atoms with van der Waals surface area (Å²) in [5.41, 5.74) is 2.04. The number of nitrogens with one attached hydrogen (secondary N) is 1. The molecule has 0 radical (unpaired) electrons. The lowest BCUT2D eigenvalue weighted by atomic mass is 10.1. The van der Waals surface area contributed by atoms with E-state index in [1.807, 2.05) is 71.5 Å². The highest BCUT2D eigenvalue weighted by molar-refractivity contribution is 8.00. The van der Waals surface area contributed by atoms with Gasteiger partial charge in [0, 0.05) is 23.7 Å². The van der Waals surface area contributed by atoms with E-state index in [1.54, 1.807) is 13.3 Å². The first-order chi connectivity index (χ1) is 15.1. The van der Waals surface area contributed by atoms with Gasteiger partial charge in [0.15, 0.2) is 10.3 Å². The number of ether oxygens (including phenoxy) is 1. The summed E-state index contributed by atoms with van der Waals surface area (Å²) in [5, 5.41) is 14.4. The minimum Gasteiger partial charge on any atom is -0.497 e. The predicted octanol–water partition coefficient (Wildman–Crippen LogP) is 4.44. The van der Waals surface area contributed by atoms with Gasteiger partial charge in [-0.05, 0) is 36.8 Å². The summed E-state index contributed by atoms with van der Waals surface area (Å²) in [7, 11) is 1.65. The summed E-state index contributed by atoms with van der Waals surface area (Å²) in [5.74, 6) is 1.48. The van der Waals surface area contributed by atoms with Gasteiger partial charge in [0.25, 0.3) is 0 Å². The summed E-state index contributed by atoms with van der Waals surface area (Å²) >= 11 is 2.76. The normalized spacial score (nSPS) is 11.8. The largest absolute Gasteiger partial charge is 0.497 e. The first-order valence-electron chi connectivity index (χ1n) is 9.63. The van der Waals surface area contributed by atoms with E-state index in [0.717, 1.165) is 22.8 Å². The number of hydrogen-bond acceptors (Lipinski definition) is 7. The topological polar surface area (TPSA) is 81.9 Å². The average Bonchev–Trinajstić information content (AvgIpc) is 3.45. The van der Waals surface area contributed by atoms with E-state index in [-0.39, 0.29) is 11.2 Å². The van der Waals surface area contributed by atoms with Crippen molar-refractivity contribution >= 4 is 34.1 Å². The van der Waals surface area contributed by atoms with Crippen LogP contribution >= 0.6 is 23.1 Å². The number of para-hydroxylation sites is 1. The molecule has 0 unspecified atom stereocenters. The van der Waals surface area contributed by atoms with Gasteiger partial charge in [0.05, 0.1) is 12.4 Å². The van der Waals surface area contributed by atoms with Gasteiger partial charge in [-0.1, -0.05) is 42.1 Å². The molecule has 0 saturated heterocycles. The highest BCUT2D eigenvalue weighted by Gasteiger charge is 2.22. The Bertz CT molecular complexity index is 1130. The van der Waals surface area contributed by atoms with Crippen molar-refractivity contribution in [3.63, 3.8) is 0 Å². The van der Waals surface area contributed by atoms with Gasteiger partial charge < -0.3 is 10.1 Å². The molecular formula is C22H21N5O2S2. The molecule has 4 rings (SSSR count). The van der Waals surface area contributed by atoms with Crippen LogP contribution in [0.3, 0.4) is 0 Å². The van der Waals surface area contributed by atoms with Crippen molar-refractivity contribution in [1.82, 2.24) is 19.7 Å². The Morgan fingerprint density at radius 1 is 1.16 bits per heavy atom. The third-order valence-corrected chi connectivity index (χ3v) is 6.28. The van der Waals surface area contributed by atoms with Crippen molar-refractivity contribution in [1.29, 1.82) is 0 Å². The SMILES string of the molecule is COc1ccc(Cc2nnc(S[C@H](C)C(=O)Nc3nccs3)n2-c2ccccc2)cc1. The van der Waals surface area contributed by atoms with E-state index in [4.69, 9.17) is 4.74 Å². The van der Waals surface area contributed by atoms with Gasteiger partial charge in [0.1, 0.15) is 11.6 Å². The lowest BCUT2D eigenvalue weighted by Crippen LogP contribution is -2.22. The van der Waals surface area contributed by atoms with Crippen LogP contribution in [0.4, 0.5) is 5.13 Å². The first-order valence-corrected chi connectivity index (χ1v) is 11.4. The van der Waals surface area contributed by atoms with E-state index in [1.165, 1.54) is 23.1 Å². The Kier molecular flexibility index (Phi) is 6.63. The van der Waals surface area contributed by atoms with Gasteiger partial charge in [-0.25, -0.2) is 4.98 Å². The van der Waals surface area contributed by atoms with E-state index in [9.17, 15) is 4.79 Å². The van der Waals surface area contributed by atoms with Gasteiger partial charge in [-0.3, -0.25) is 9.36 Å². The lowest BCUT2D eigenvalue weighted by Gasteiger charge is -2.13. The van der Waals surface area contributed by atoms with Crippen LogP contribution in [0.2, 0.25) is 0 Å². The second-order valence-electron chi connectivity index (χ2n) is 6.68. The number of aromatic nitrogens is 4. The fourth-order valence-electron chi connectivity index (χ4n) is 2.96. The smallest absolute Gasteiger partial charge is 0.239 e. The molecule has 2 heterocycles. The van der Waals surface area contributed by atoms with E-state index >= 15 is 0 Å². The average molecular weight is 452 g/mol. The molecule has 0 bridgehead atoms. The van der Waals surface area contributed by atoms with Crippen LogP contribution in [0.1, 0.15) is 18.3 Å². The summed E-state index contributed by atoms with van der Waals surface area (Å²) in [4.78, 5) is 16.7. The molecule has 0 fully saturated rings. The third-order valence-electron chi connectivity index (χ3n) is 4.55. The Morgan fingerprint density at radius 2 is 1.94 bits per heavy atom. The van der Waals surface area contributed by atoms with Crippen molar-refractivity contribution < 1.29 is 9.53 Å². The number of hydrogen-bond donors (Lipinski definition) is 1. The van der Waals surface area contributed by atoms with Crippen LogP contribution in [-0.4, -0.2) is 38.0 Å². The maximum atomic E-state index is 12.6. The molecule has 2 aromatic heterocycles. The minimum atomic E-state index is -0.371. The number of methoxy groups -OCH3 is 1. The standard InChI is InChI=1S/C22H21N5O2S2/c1-15(20(28)24-21-23-12-13-30-21)31-22-26-25-19(27(22)17-6-4-3-5-7-17)14-16-8-10-18(29-2)11-9-16/h3-13,15H,14H2,1-2H3,(H,23,24,28)/t15-/m1/s1. The molecule has 0 aliphatic heterocycles. The third kappa shape index (κ3) is 5.12. The molecule has 2 aromatic carbocycles. The van der Waals surface area contributed by atoms with Crippen molar-refractivity contribution in [3.8, 4) is 11.4 Å². The van der Waals surface area contributed by atoms with Crippen molar-refractivity contribution in [2.24, 2.45) is 0 Å². The minimum absolute atomic E-state index is 0.126. The number of nitrogens with zero attached hydrogens (tertiary/aromatic N) is 4. The Balaban J connectivity index is 1.59. The van der Waals surface area contributed by atoms with Gasteiger partial charge in [-0.15, -0.1) is 21.5 Å². The second kappa shape index (κ2) is 9.76. The van der Waals surface area contributed by atoms with Gasteiger partial charge >= 0.3 is 0 Å². The maximum absolute atomic E-state index is 12.6. The highest BCUT2D eigenvalue weighted by atomic mass is 32.2. The number of carbonyl (C=O) groups is 1. The molecule has 31 heavy (non-hydrogen) atoms. The molecule has 158 valence electrons. The highest BCUT2D eigenvalue weighted by Crippen LogP contribution is 2.28. The fourth-order valence-corrected chi connectivity index (χ4v) is 4.38. The van der Waals surface area contributed by atoms with Crippen LogP contribution in [0.25, 0.3) is 5.69 Å². The molecule has 1 N–H and O–H groups in total. The second-order valence-corrected chi connectivity index (χ2v) is 8.88. The zero-order chi connectivity index (χ0) is 21.6. The van der Waals surface area contributed by atoms with Crippen molar-refractivity contribution in [2.45, 2.75) is 23.8 Å². The monoisotopic (exact) mass is 451 g/mol. The zero-order valence-corrected chi connectivity index (χ0v) is 18.7. The van der Waals surface area contributed by atoms with E-state index in [2.05, 4.69) is 20.5 Å². The van der Waals surface area contributed by atoms with Gasteiger partial charge in [-0.2, -0.15) is 0 Å². The number of amides is 1. The molecule has 4 aromatic rings. The molecule has 0 spiro atoms. The van der Waals surface area contributed by atoms with Crippen LogP contribution in [-0.2, 0) is 11.2 Å². The van der Waals surface area contributed by atoms with Crippen molar-refractivity contribution in [2.75, 3.05) is 12.4 Å². The molecule has 1 atom stereocenters. The number of benzene rings is 2. The quantitative estimate of drug-likeness (QED) is 0.399. The maximum Gasteiger partial charge on any atom is 0.239 e. The Labute approximate surface area is 188 Å². The van der Waals surface area contributed by atoms with E-state index in [0.29, 0.717) is 16.7 Å². The van der Waals surface area contributed by atoms with E-state index < -0.39 is 0 Å². The van der Waals surface area contributed by atoms with Crippen LogP contribution < -0.4 is 10.1 Å². The molecule has 0 aliphatic rings. The van der Waals surface area contributed by atoms with Crippen LogP contribution in [0.5, 0.6) is 5.75 Å². The molecule has 9 heteroatoms. The summed E-state index contributed by atoms with van der Waals surface area (Å²) in [6.07, 6.45) is 2.27. The number of thiazole rings is 1. The van der Waals surface area contributed by atoms with Crippen LogP contribution in [0, 0.1) is 0 Å². The van der Waals surface area contributed by atoms with Gasteiger partial charge in [0.2, 0.25) is 5.91 Å². The zero-order valence-electron chi connectivity index (χ0n) is 17.1. The first kappa shape index (κ1) is 21.1. The number of carbonyl (C=O) groups excluding carboxylic acids is 1. The number of rotatable bonds is 8. The predicted molar refractivity (Wildman–Crippen MR) is 123 cm³/mol.